The van der Waals surface area contributed by atoms with Gasteiger partial charge in [0.25, 0.3) is 0 Å². The first-order chi connectivity index (χ1) is 16.5. The molecule has 1 unspecified atom stereocenters. The first-order valence-corrected chi connectivity index (χ1v) is 12.9. The van der Waals surface area contributed by atoms with Crippen LogP contribution in [0.25, 0.3) is 0 Å². The standard InChI is InChI=1S/C25H24ClN5O3S/c1-25(2)11-18-21(19(32)12-25)20(14-3-5-15(26)6-4-14)22-23(27)29-13-30-24(22)31(18)16-7-9-17(10-8-16)35(28,33)34/h3-10,13,20H,11-12H2,1-2H3,(H2,27,29,30)(H2,28,33,34). The number of ketones is 1. The van der Waals surface area contributed by atoms with Gasteiger partial charge in [-0.2, -0.15) is 0 Å². The van der Waals surface area contributed by atoms with Gasteiger partial charge in [-0.25, -0.2) is 23.5 Å². The lowest BCUT2D eigenvalue weighted by molar-refractivity contribution is -0.118. The zero-order valence-corrected chi connectivity index (χ0v) is 20.8. The molecular formula is C25H24ClN5O3S. The van der Waals surface area contributed by atoms with E-state index in [1.54, 1.807) is 24.3 Å². The number of hydrogen-bond acceptors (Lipinski definition) is 7. The van der Waals surface area contributed by atoms with Crippen molar-refractivity contribution in [2.24, 2.45) is 10.6 Å². The number of hydrogen-bond donors (Lipinski definition) is 2. The number of sulfonamides is 1. The Kier molecular flexibility index (Phi) is 5.47. The number of nitrogen functional groups attached to an aromatic ring is 1. The van der Waals surface area contributed by atoms with E-state index in [9.17, 15) is 13.2 Å². The Balaban J connectivity index is 1.80. The predicted octanol–water partition coefficient (Wildman–Crippen LogP) is 4.29. The fraction of sp³-hybridized carbons (Fsp3) is 0.240. The SMILES string of the molecule is CC1(C)CC(=O)C2=C(C1)N(c1ccc(S(N)(=O)=O)cc1)c1ncnc(N)c1C2c1ccc(Cl)cc1. The van der Waals surface area contributed by atoms with Crippen molar-refractivity contribution in [3.8, 4) is 0 Å². The highest BCUT2D eigenvalue weighted by Gasteiger charge is 2.45. The number of primary sulfonamides is 1. The van der Waals surface area contributed by atoms with Gasteiger partial charge in [-0.15, -0.1) is 0 Å². The number of nitrogens with zero attached hydrogens (tertiary/aromatic N) is 3. The summed E-state index contributed by atoms with van der Waals surface area (Å²) < 4.78 is 23.6. The molecule has 1 aliphatic carbocycles. The maximum Gasteiger partial charge on any atom is 0.238 e. The van der Waals surface area contributed by atoms with Gasteiger partial charge >= 0.3 is 0 Å². The second-order valence-electron chi connectivity index (χ2n) is 9.66. The van der Waals surface area contributed by atoms with Crippen molar-refractivity contribution in [2.45, 2.75) is 37.5 Å². The van der Waals surface area contributed by atoms with Gasteiger partial charge in [-0.1, -0.05) is 37.6 Å². The first kappa shape index (κ1) is 23.5. The van der Waals surface area contributed by atoms with E-state index < -0.39 is 15.9 Å². The molecule has 5 rings (SSSR count). The van der Waals surface area contributed by atoms with Crippen molar-refractivity contribution >= 4 is 44.7 Å². The van der Waals surface area contributed by atoms with Crippen molar-refractivity contribution < 1.29 is 13.2 Å². The maximum absolute atomic E-state index is 13.7. The van der Waals surface area contributed by atoms with Crippen LogP contribution in [-0.2, 0) is 14.8 Å². The lowest BCUT2D eigenvalue weighted by Gasteiger charge is -2.44. The Morgan fingerprint density at radius 3 is 2.31 bits per heavy atom. The molecule has 1 aliphatic heterocycles. The van der Waals surface area contributed by atoms with E-state index in [1.165, 1.54) is 18.5 Å². The highest BCUT2D eigenvalue weighted by molar-refractivity contribution is 7.89. The zero-order valence-electron chi connectivity index (χ0n) is 19.2. The zero-order chi connectivity index (χ0) is 25.1. The van der Waals surface area contributed by atoms with Crippen molar-refractivity contribution in [3.63, 3.8) is 0 Å². The van der Waals surface area contributed by atoms with Crippen LogP contribution in [-0.4, -0.2) is 24.2 Å². The minimum Gasteiger partial charge on any atom is -0.383 e. The number of benzene rings is 2. The fourth-order valence-corrected chi connectivity index (χ4v) is 5.65. The molecule has 2 aromatic carbocycles. The van der Waals surface area contributed by atoms with Gasteiger partial charge in [0.2, 0.25) is 10.0 Å². The average molecular weight is 510 g/mol. The summed E-state index contributed by atoms with van der Waals surface area (Å²) in [7, 11) is -3.86. The van der Waals surface area contributed by atoms with E-state index in [0.29, 0.717) is 40.5 Å². The average Bonchev–Trinajstić information content (AvgIpc) is 2.77. The molecule has 0 saturated carbocycles. The first-order valence-electron chi connectivity index (χ1n) is 11.0. The quantitative estimate of drug-likeness (QED) is 0.538. The molecule has 0 amide bonds. The fourth-order valence-electron chi connectivity index (χ4n) is 5.01. The number of rotatable bonds is 3. The Morgan fingerprint density at radius 1 is 1.03 bits per heavy atom. The van der Waals surface area contributed by atoms with Gasteiger partial charge in [0.05, 0.1) is 4.90 Å². The van der Waals surface area contributed by atoms with E-state index in [4.69, 9.17) is 22.5 Å². The van der Waals surface area contributed by atoms with Crippen LogP contribution in [0.4, 0.5) is 17.3 Å². The molecule has 3 aromatic rings. The van der Waals surface area contributed by atoms with Crippen molar-refractivity contribution in [3.05, 3.63) is 82.3 Å². The molecule has 2 heterocycles. The van der Waals surface area contributed by atoms with Crippen molar-refractivity contribution in [1.29, 1.82) is 0 Å². The lowest BCUT2D eigenvalue weighted by Crippen LogP contribution is -2.38. The Labute approximate surface area is 208 Å². The predicted molar refractivity (Wildman–Crippen MR) is 135 cm³/mol. The van der Waals surface area contributed by atoms with E-state index >= 15 is 0 Å². The minimum absolute atomic E-state index is 0.00558. The number of carbonyl (C=O) groups excluding carboxylic acids is 1. The lowest BCUT2D eigenvalue weighted by atomic mass is 9.68. The van der Waals surface area contributed by atoms with Crippen LogP contribution in [0.1, 0.15) is 43.7 Å². The summed E-state index contributed by atoms with van der Waals surface area (Å²) in [6.07, 6.45) is 2.38. The summed E-state index contributed by atoms with van der Waals surface area (Å²) in [6.45, 7) is 4.11. The largest absolute Gasteiger partial charge is 0.383 e. The molecule has 0 fully saturated rings. The molecule has 10 heteroatoms. The number of Topliss-reactive ketones (excluding diaryl/α,β-unsaturated/α-hetero) is 1. The Morgan fingerprint density at radius 2 is 1.69 bits per heavy atom. The van der Waals surface area contributed by atoms with Gasteiger partial charge in [0.15, 0.2) is 5.78 Å². The number of anilines is 3. The molecular weight excluding hydrogens is 486 g/mol. The molecule has 0 bridgehead atoms. The summed E-state index contributed by atoms with van der Waals surface area (Å²) in [5, 5.41) is 5.88. The van der Waals surface area contributed by atoms with Crippen LogP contribution in [0.15, 0.2) is 71.0 Å². The van der Waals surface area contributed by atoms with Crippen LogP contribution in [0.3, 0.4) is 0 Å². The van der Waals surface area contributed by atoms with E-state index in [0.717, 1.165) is 11.3 Å². The summed E-state index contributed by atoms with van der Waals surface area (Å²) in [5.41, 5.74) is 9.69. The van der Waals surface area contributed by atoms with Gasteiger partial charge in [-0.3, -0.25) is 9.69 Å². The number of carbonyl (C=O) groups is 1. The summed E-state index contributed by atoms with van der Waals surface area (Å²) >= 11 is 6.15. The highest BCUT2D eigenvalue weighted by Crippen LogP contribution is 2.54. The van der Waals surface area contributed by atoms with Gasteiger partial charge in [-0.05, 0) is 53.8 Å². The normalized spacial score (nSPS) is 19.4. The third kappa shape index (κ3) is 4.09. The minimum atomic E-state index is -3.86. The monoisotopic (exact) mass is 509 g/mol. The van der Waals surface area contributed by atoms with Gasteiger partial charge in [0.1, 0.15) is 18.0 Å². The van der Waals surface area contributed by atoms with E-state index in [2.05, 4.69) is 23.8 Å². The van der Waals surface area contributed by atoms with Crippen LogP contribution in [0.2, 0.25) is 5.02 Å². The molecule has 35 heavy (non-hydrogen) atoms. The van der Waals surface area contributed by atoms with Crippen molar-refractivity contribution in [2.75, 3.05) is 10.6 Å². The molecule has 180 valence electrons. The van der Waals surface area contributed by atoms with Crippen LogP contribution >= 0.6 is 11.6 Å². The molecule has 0 saturated heterocycles. The number of aromatic nitrogens is 2. The summed E-state index contributed by atoms with van der Waals surface area (Å²) in [5.74, 6) is 0.383. The van der Waals surface area contributed by atoms with E-state index in [1.807, 2.05) is 17.0 Å². The molecule has 0 radical (unpaired) electrons. The number of halogens is 1. The number of nitrogens with two attached hydrogens (primary N) is 2. The van der Waals surface area contributed by atoms with Crippen LogP contribution in [0.5, 0.6) is 0 Å². The summed E-state index contributed by atoms with van der Waals surface area (Å²) in [4.78, 5) is 24.4. The summed E-state index contributed by atoms with van der Waals surface area (Å²) in [6, 6.07) is 13.5. The van der Waals surface area contributed by atoms with Crippen LogP contribution in [0, 0.1) is 5.41 Å². The topological polar surface area (TPSA) is 132 Å². The second kappa shape index (κ2) is 8.15. The third-order valence-electron chi connectivity index (χ3n) is 6.48. The molecule has 1 aromatic heterocycles. The van der Waals surface area contributed by atoms with Crippen molar-refractivity contribution in [1.82, 2.24) is 9.97 Å². The van der Waals surface area contributed by atoms with E-state index in [-0.39, 0.29) is 21.9 Å². The molecule has 0 spiro atoms. The van der Waals surface area contributed by atoms with Gasteiger partial charge < -0.3 is 5.73 Å². The number of allylic oxidation sites excluding steroid dienone is 2. The van der Waals surface area contributed by atoms with Crippen LogP contribution < -0.4 is 15.8 Å². The molecule has 2 aliphatic rings. The Bertz CT molecular complexity index is 1480. The molecule has 1 atom stereocenters. The smallest absolute Gasteiger partial charge is 0.238 e. The molecule has 8 nitrogen and oxygen atoms in total. The third-order valence-corrected chi connectivity index (χ3v) is 7.66. The highest BCUT2D eigenvalue weighted by atomic mass is 35.5. The Hall–Kier alpha value is -3.27. The maximum atomic E-state index is 13.7. The number of fused-ring (bicyclic) bond motifs is 1. The van der Waals surface area contributed by atoms with Gasteiger partial charge in [0, 0.05) is 39.9 Å². The second-order valence-corrected chi connectivity index (χ2v) is 11.7. The molecule has 4 N–H and O–H groups in total.